The summed E-state index contributed by atoms with van der Waals surface area (Å²) in [6.45, 7) is 3.94. The SMILES string of the molecule is CC(C)C(Nc1cncc(-c2c[nH]c3ncc(C(=O)N(C)C(C)c4ccn[nH]4)cc23)c1)C(=O)NCC(F)(F)F. The number of hydrogen-bond acceptors (Lipinski definition) is 6. The number of fused-ring (bicyclic) bond motifs is 1. The van der Waals surface area contributed by atoms with Gasteiger partial charge in [-0.05, 0) is 31.0 Å². The fourth-order valence-electron chi connectivity index (χ4n) is 4.12. The lowest BCUT2D eigenvalue weighted by molar-refractivity contribution is -0.139. The minimum absolute atomic E-state index is 0.225. The maximum absolute atomic E-state index is 13.2. The van der Waals surface area contributed by atoms with E-state index < -0.39 is 24.7 Å². The molecule has 206 valence electrons. The van der Waals surface area contributed by atoms with Crippen LogP contribution in [0.2, 0.25) is 0 Å². The third kappa shape index (κ3) is 6.36. The van der Waals surface area contributed by atoms with Crippen LogP contribution in [-0.4, -0.2) is 67.7 Å². The molecule has 2 amide bonds. The Kier molecular flexibility index (Phi) is 7.88. The van der Waals surface area contributed by atoms with Gasteiger partial charge in [0.05, 0.1) is 23.0 Å². The quantitative estimate of drug-likeness (QED) is 0.249. The van der Waals surface area contributed by atoms with Gasteiger partial charge in [0.2, 0.25) is 5.91 Å². The van der Waals surface area contributed by atoms with E-state index in [0.29, 0.717) is 27.8 Å². The number of anilines is 1. The lowest BCUT2D eigenvalue weighted by atomic mass is 10.0. The number of nitrogens with one attached hydrogen (secondary N) is 4. The van der Waals surface area contributed by atoms with Crippen LogP contribution in [0.25, 0.3) is 22.2 Å². The molecule has 0 spiro atoms. The van der Waals surface area contributed by atoms with Crippen molar-refractivity contribution in [2.24, 2.45) is 5.92 Å². The molecule has 4 rings (SSSR count). The van der Waals surface area contributed by atoms with Crippen LogP contribution in [-0.2, 0) is 4.79 Å². The van der Waals surface area contributed by atoms with E-state index in [-0.39, 0.29) is 17.9 Å². The molecule has 0 fully saturated rings. The molecule has 0 bridgehead atoms. The number of aromatic amines is 2. The minimum Gasteiger partial charge on any atom is -0.372 e. The first-order valence-electron chi connectivity index (χ1n) is 12.2. The fraction of sp³-hybridized carbons (Fsp3) is 0.346. The van der Waals surface area contributed by atoms with Gasteiger partial charge in [-0.25, -0.2) is 4.98 Å². The highest BCUT2D eigenvalue weighted by Crippen LogP contribution is 2.30. The Morgan fingerprint density at radius 2 is 1.90 bits per heavy atom. The first-order valence-corrected chi connectivity index (χ1v) is 12.2. The number of carbonyl (C=O) groups excluding carboxylic acids is 2. The molecule has 2 atom stereocenters. The van der Waals surface area contributed by atoms with Gasteiger partial charge >= 0.3 is 6.18 Å². The Hall–Kier alpha value is -4.42. The normalized spacial score (nSPS) is 13.3. The molecule has 0 aliphatic rings. The van der Waals surface area contributed by atoms with Crippen molar-refractivity contribution in [3.8, 4) is 11.1 Å². The highest BCUT2D eigenvalue weighted by atomic mass is 19.4. The number of halogens is 3. The van der Waals surface area contributed by atoms with Gasteiger partial charge in [-0.2, -0.15) is 18.3 Å². The first kappa shape index (κ1) is 27.6. The number of hydrogen-bond donors (Lipinski definition) is 4. The number of amides is 2. The van der Waals surface area contributed by atoms with E-state index >= 15 is 0 Å². The Balaban J connectivity index is 1.58. The van der Waals surface area contributed by atoms with Crippen LogP contribution in [0.4, 0.5) is 18.9 Å². The number of alkyl halides is 3. The lowest BCUT2D eigenvalue weighted by Crippen LogP contribution is -2.46. The van der Waals surface area contributed by atoms with Gasteiger partial charge in [-0.1, -0.05) is 13.8 Å². The molecule has 0 aromatic carbocycles. The number of aromatic nitrogens is 5. The van der Waals surface area contributed by atoms with Crippen LogP contribution in [0.3, 0.4) is 0 Å². The minimum atomic E-state index is -4.51. The molecule has 0 radical (unpaired) electrons. The summed E-state index contributed by atoms with van der Waals surface area (Å²) in [7, 11) is 1.70. The standard InChI is InChI=1S/C26H29F3N8O2/c1-14(2)22(24(38)33-13-26(27,28)29)35-18-7-16(9-30-11-18)20-12-32-23-19(20)8-17(10-31-23)25(39)37(4)15(3)21-5-6-34-36-21/h5-12,14-15,22,35H,13H2,1-4H3,(H,31,32)(H,33,38)(H,34,36). The molecule has 10 nitrogen and oxygen atoms in total. The maximum Gasteiger partial charge on any atom is 0.405 e. The summed E-state index contributed by atoms with van der Waals surface area (Å²) in [5.41, 5.74) is 3.59. The molecular formula is C26H29F3N8O2. The van der Waals surface area contributed by atoms with Crippen LogP contribution >= 0.6 is 0 Å². The van der Waals surface area contributed by atoms with E-state index in [2.05, 4.69) is 30.5 Å². The molecule has 4 aromatic heterocycles. The number of H-pyrrole nitrogens is 2. The van der Waals surface area contributed by atoms with Gasteiger partial charge in [-0.3, -0.25) is 19.7 Å². The topological polar surface area (TPSA) is 132 Å². The van der Waals surface area contributed by atoms with Crippen LogP contribution < -0.4 is 10.6 Å². The molecule has 4 N–H and O–H groups in total. The van der Waals surface area contributed by atoms with Crippen molar-refractivity contribution < 1.29 is 22.8 Å². The van der Waals surface area contributed by atoms with Crippen molar-refractivity contribution in [1.29, 1.82) is 0 Å². The molecule has 39 heavy (non-hydrogen) atoms. The summed E-state index contributed by atoms with van der Waals surface area (Å²) in [6.07, 6.45) is 3.46. The van der Waals surface area contributed by atoms with Crippen molar-refractivity contribution in [2.75, 3.05) is 18.9 Å². The van der Waals surface area contributed by atoms with Crippen molar-refractivity contribution in [3.05, 3.63) is 60.4 Å². The lowest BCUT2D eigenvalue weighted by Gasteiger charge is -2.24. The third-order valence-electron chi connectivity index (χ3n) is 6.44. The van der Waals surface area contributed by atoms with Crippen LogP contribution in [0.1, 0.15) is 42.9 Å². The zero-order valence-electron chi connectivity index (χ0n) is 21.8. The fourth-order valence-corrected chi connectivity index (χ4v) is 4.12. The zero-order valence-corrected chi connectivity index (χ0v) is 21.8. The van der Waals surface area contributed by atoms with E-state index in [1.807, 2.05) is 12.2 Å². The molecular weight excluding hydrogens is 513 g/mol. The summed E-state index contributed by atoms with van der Waals surface area (Å²) in [5, 5.41) is 12.4. The number of carbonyl (C=O) groups is 2. The molecule has 4 heterocycles. The van der Waals surface area contributed by atoms with E-state index in [1.54, 1.807) is 62.6 Å². The second-order valence-corrected chi connectivity index (χ2v) is 9.59. The van der Waals surface area contributed by atoms with Gasteiger partial charge < -0.3 is 20.5 Å². The number of rotatable bonds is 9. The summed E-state index contributed by atoms with van der Waals surface area (Å²) in [5.74, 6) is -1.29. The Morgan fingerprint density at radius 3 is 2.56 bits per heavy atom. The van der Waals surface area contributed by atoms with Gasteiger partial charge in [0, 0.05) is 54.5 Å². The third-order valence-corrected chi connectivity index (χ3v) is 6.44. The maximum atomic E-state index is 13.2. The van der Waals surface area contributed by atoms with Gasteiger partial charge in [-0.15, -0.1) is 0 Å². The van der Waals surface area contributed by atoms with Crippen molar-refractivity contribution in [3.63, 3.8) is 0 Å². The molecule has 0 aliphatic heterocycles. The van der Waals surface area contributed by atoms with E-state index in [9.17, 15) is 22.8 Å². The summed E-state index contributed by atoms with van der Waals surface area (Å²) in [4.78, 5) is 39.0. The highest BCUT2D eigenvalue weighted by Gasteiger charge is 2.30. The molecule has 0 aliphatic carbocycles. The Morgan fingerprint density at radius 1 is 1.13 bits per heavy atom. The van der Waals surface area contributed by atoms with Gasteiger partial charge in [0.25, 0.3) is 5.91 Å². The predicted molar refractivity (Wildman–Crippen MR) is 140 cm³/mol. The summed E-state index contributed by atoms with van der Waals surface area (Å²) >= 11 is 0. The van der Waals surface area contributed by atoms with Crippen molar-refractivity contribution in [2.45, 2.75) is 39.0 Å². The van der Waals surface area contributed by atoms with Gasteiger partial charge in [0.15, 0.2) is 0 Å². The van der Waals surface area contributed by atoms with E-state index in [1.165, 1.54) is 12.4 Å². The van der Waals surface area contributed by atoms with E-state index in [0.717, 1.165) is 11.3 Å². The smallest absolute Gasteiger partial charge is 0.372 e. The average Bonchev–Trinajstić information content (AvgIpc) is 3.59. The molecule has 13 heteroatoms. The molecule has 0 saturated heterocycles. The Labute approximate surface area is 222 Å². The monoisotopic (exact) mass is 542 g/mol. The number of pyridine rings is 2. The Bertz CT molecular complexity index is 1450. The predicted octanol–water partition coefficient (Wildman–Crippen LogP) is 4.30. The largest absolute Gasteiger partial charge is 0.405 e. The summed E-state index contributed by atoms with van der Waals surface area (Å²) < 4.78 is 37.8. The van der Waals surface area contributed by atoms with Crippen LogP contribution in [0.5, 0.6) is 0 Å². The molecule has 0 saturated carbocycles. The average molecular weight is 543 g/mol. The second-order valence-electron chi connectivity index (χ2n) is 9.59. The zero-order chi connectivity index (χ0) is 28.3. The van der Waals surface area contributed by atoms with Crippen molar-refractivity contribution in [1.82, 2.24) is 35.4 Å². The van der Waals surface area contributed by atoms with Gasteiger partial charge in [0.1, 0.15) is 18.2 Å². The number of nitrogens with zero attached hydrogens (tertiary/aromatic N) is 4. The van der Waals surface area contributed by atoms with E-state index in [4.69, 9.17) is 0 Å². The first-order chi connectivity index (χ1) is 18.4. The molecule has 4 aromatic rings. The highest BCUT2D eigenvalue weighted by molar-refractivity contribution is 6.01. The van der Waals surface area contributed by atoms with Crippen molar-refractivity contribution >= 4 is 28.5 Å². The van der Waals surface area contributed by atoms with Crippen LogP contribution in [0.15, 0.2) is 49.2 Å². The molecule has 2 unspecified atom stereocenters. The summed E-state index contributed by atoms with van der Waals surface area (Å²) in [6, 6.07) is 4.14. The second kappa shape index (κ2) is 11.1. The van der Waals surface area contributed by atoms with Crippen LogP contribution in [0, 0.1) is 5.92 Å².